The quantitative estimate of drug-likeness (QED) is 0.800. The number of furan rings is 1. The van der Waals surface area contributed by atoms with Crippen LogP contribution in [0.4, 0.5) is 0 Å². The third-order valence-corrected chi connectivity index (χ3v) is 4.08. The van der Waals surface area contributed by atoms with Gasteiger partial charge in [-0.15, -0.1) is 11.3 Å². The molecule has 0 spiro atoms. The predicted octanol–water partition coefficient (Wildman–Crippen LogP) is 3.29. The van der Waals surface area contributed by atoms with Crippen LogP contribution in [0.5, 0.6) is 0 Å². The highest BCUT2D eigenvalue weighted by Gasteiger charge is 2.14. The molecule has 0 radical (unpaired) electrons. The van der Waals surface area contributed by atoms with Crippen molar-refractivity contribution < 1.29 is 14.3 Å². The molecule has 20 heavy (non-hydrogen) atoms. The Morgan fingerprint density at radius 1 is 1.50 bits per heavy atom. The second-order valence-corrected chi connectivity index (χ2v) is 5.56. The molecule has 0 fully saturated rings. The molecular weight excluding hydrogens is 276 g/mol. The second-order valence-electron chi connectivity index (χ2n) is 4.73. The minimum Gasteiger partial charge on any atom is -0.481 e. The zero-order chi connectivity index (χ0) is 14.3. The van der Waals surface area contributed by atoms with Gasteiger partial charge in [-0.25, -0.2) is 4.98 Å². The number of rotatable bonds is 4. The number of nitrogens with zero attached hydrogens (tertiary/aromatic N) is 2. The molecule has 3 rings (SSSR count). The molecule has 5 nitrogen and oxygen atoms in total. The van der Waals surface area contributed by atoms with Gasteiger partial charge in [0.15, 0.2) is 4.96 Å². The van der Waals surface area contributed by atoms with E-state index < -0.39 is 5.97 Å². The van der Waals surface area contributed by atoms with Gasteiger partial charge in [-0.05, 0) is 26.3 Å². The number of carboxylic acids is 1. The Hall–Kier alpha value is -2.08. The fourth-order valence-corrected chi connectivity index (χ4v) is 3.17. The Balaban J connectivity index is 1.99. The van der Waals surface area contributed by atoms with E-state index in [1.54, 1.807) is 0 Å². The Morgan fingerprint density at radius 3 is 2.95 bits per heavy atom. The van der Waals surface area contributed by atoms with Gasteiger partial charge in [-0.1, -0.05) is 0 Å². The van der Waals surface area contributed by atoms with E-state index in [9.17, 15) is 4.79 Å². The van der Waals surface area contributed by atoms with Crippen LogP contribution < -0.4 is 0 Å². The first-order chi connectivity index (χ1) is 9.54. The van der Waals surface area contributed by atoms with Crippen molar-refractivity contribution in [3.8, 4) is 11.3 Å². The highest BCUT2D eigenvalue weighted by atomic mass is 32.1. The number of fused-ring (bicyclic) bond motifs is 1. The minimum absolute atomic E-state index is 0.128. The normalized spacial score (nSPS) is 11.3. The molecule has 0 aliphatic heterocycles. The van der Waals surface area contributed by atoms with Gasteiger partial charge in [0.25, 0.3) is 0 Å². The number of aromatic nitrogens is 2. The maximum absolute atomic E-state index is 10.7. The van der Waals surface area contributed by atoms with Crippen LogP contribution >= 0.6 is 11.3 Å². The molecule has 3 aromatic rings. The first-order valence-corrected chi connectivity index (χ1v) is 7.17. The van der Waals surface area contributed by atoms with Crippen molar-refractivity contribution in [2.75, 3.05) is 0 Å². The van der Waals surface area contributed by atoms with E-state index in [0.717, 1.165) is 33.4 Å². The van der Waals surface area contributed by atoms with Crippen LogP contribution in [0.2, 0.25) is 0 Å². The minimum atomic E-state index is -0.786. The van der Waals surface area contributed by atoms with Crippen LogP contribution in [-0.4, -0.2) is 20.5 Å². The molecular formula is C14H14N2O3S. The SMILES string of the molecule is Cc1cc(-c2cn3c(CCC(=O)O)csc3n2)c(C)o1. The van der Waals surface area contributed by atoms with E-state index in [-0.39, 0.29) is 6.42 Å². The monoisotopic (exact) mass is 290 g/mol. The van der Waals surface area contributed by atoms with Crippen molar-refractivity contribution >= 4 is 22.3 Å². The fraction of sp³-hybridized carbons (Fsp3) is 0.286. The summed E-state index contributed by atoms with van der Waals surface area (Å²) >= 11 is 1.52. The number of carbonyl (C=O) groups is 1. The van der Waals surface area contributed by atoms with Crippen molar-refractivity contribution in [1.29, 1.82) is 0 Å². The van der Waals surface area contributed by atoms with E-state index in [1.807, 2.05) is 35.9 Å². The lowest BCUT2D eigenvalue weighted by Crippen LogP contribution is -1.99. The molecule has 0 saturated heterocycles. The first kappa shape index (κ1) is 12.9. The standard InChI is InChI=1S/C14H14N2O3S/c1-8-5-11(9(2)19-8)12-6-16-10(3-4-13(17)18)7-20-14(16)15-12/h5-7H,3-4H2,1-2H3,(H,17,18). The van der Waals surface area contributed by atoms with Gasteiger partial charge in [0, 0.05) is 22.8 Å². The predicted molar refractivity (Wildman–Crippen MR) is 76.2 cm³/mol. The summed E-state index contributed by atoms with van der Waals surface area (Å²) in [6.45, 7) is 3.83. The summed E-state index contributed by atoms with van der Waals surface area (Å²) in [4.78, 5) is 16.1. The molecule has 104 valence electrons. The molecule has 3 heterocycles. The van der Waals surface area contributed by atoms with E-state index in [1.165, 1.54) is 11.3 Å². The molecule has 0 saturated carbocycles. The number of imidazole rings is 1. The van der Waals surface area contributed by atoms with Gasteiger partial charge < -0.3 is 9.52 Å². The Bertz CT molecular complexity index is 782. The lowest BCUT2D eigenvalue weighted by Gasteiger charge is -1.95. The smallest absolute Gasteiger partial charge is 0.303 e. The molecule has 0 amide bonds. The number of aryl methyl sites for hydroxylation is 3. The maximum Gasteiger partial charge on any atom is 0.303 e. The second kappa shape index (κ2) is 4.79. The molecule has 6 heteroatoms. The summed E-state index contributed by atoms with van der Waals surface area (Å²) in [6, 6.07) is 1.97. The van der Waals surface area contributed by atoms with Crippen LogP contribution in [0, 0.1) is 13.8 Å². The highest BCUT2D eigenvalue weighted by molar-refractivity contribution is 7.15. The number of hydrogen-bond acceptors (Lipinski definition) is 4. The van der Waals surface area contributed by atoms with Crippen LogP contribution in [0.1, 0.15) is 23.6 Å². The number of thiazole rings is 1. The van der Waals surface area contributed by atoms with Crippen molar-refractivity contribution in [3.63, 3.8) is 0 Å². The topological polar surface area (TPSA) is 67.7 Å². The summed E-state index contributed by atoms with van der Waals surface area (Å²) in [5.74, 6) is 0.922. The van der Waals surface area contributed by atoms with E-state index in [2.05, 4.69) is 4.98 Å². The maximum atomic E-state index is 10.7. The lowest BCUT2D eigenvalue weighted by molar-refractivity contribution is -0.136. The molecule has 0 unspecified atom stereocenters. The molecule has 3 aromatic heterocycles. The van der Waals surface area contributed by atoms with Gasteiger partial charge in [0.2, 0.25) is 0 Å². The molecule has 0 bridgehead atoms. The molecule has 0 atom stereocenters. The summed E-state index contributed by atoms with van der Waals surface area (Å²) in [5, 5.41) is 10.7. The number of hydrogen-bond donors (Lipinski definition) is 1. The van der Waals surface area contributed by atoms with Gasteiger partial charge in [-0.2, -0.15) is 0 Å². The average Bonchev–Trinajstić information content (AvgIpc) is 3.00. The summed E-state index contributed by atoms with van der Waals surface area (Å²) in [5.41, 5.74) is 2.83. The lowest BCUT2D eigenvalue weighted by atomic mass is 10.2. The van der Waals surface area contributed by atoms with Gasteiger partial charge in [0.1, 0.15) is 11.5 Å². The highest BCUT2D eigenvalue weighted by Crippen LogP contribution is 2.28. The number of carboxylic acid groups (broad SMARTS) is 1. The average molecular weight is 290 g/mol. The van der Waals surface area contributed by atoms with E-state index >= 15 is 0 Å². The number of aliphatic carboxylic acids is 1. The van der Waals surface area contributed by atoms with Crippen LogP contribution in [0.25, 0.3) is 16.2 Å². The molecule has 0 aliphatic carbocycles. The van der Waals surface area contributed by atoms with Crippen LogP contribution in [0.15, 0.2) is 22.1 Å². The van der Waals surface area contributed by atoms with Crippen molar-refractivity contribution in [1.82, 2.24) is 9.38 Å². The van der Waals surface area contributed by atoms with E-state index in [4.69, 9.17) is 9.52 Å². The largest absolute Gasteiger partial charge is 0.481 e. The fourth-order valence-electron chi connectivity index (χ4n) is 2.26. The Morgan fingerprint density at radius 2 is 2.30 bits per heavy atom. The van der Waals surface area contributed by atoms with Crippen molar-refractivity contribution in [2.45, 2.75) is 26.7 Å². The van der Waals surface area contributed by atoms with Crippen molar-refractivity contribution in [2.24, 2.45) is 0 Å². The van der Waals surface area contributed by atoms with Crippen LogP contribution in [0.3, 0.4) is 0 Å². The zero-order valence-electron chi connectivity index (χ0n) is 11.2. The van der Waals surface area contributed by atoms with Gasteiger partial charge >= 0.3 is 5.97 Å². The summed E-state index contributed by atoms with van der Waals surface area (Å²) < 4.78 is 7.49. The van der Waals surface area contributed by atoms with Gasteiger partial charge in [-0.3, -0.25) is 9.20 Å². The molecule has 0 aliphatic rings. The molecule has 0 aromatic carbocycles. The Kier molecular flexibility index (Phi) is 3.10. The third-order valence-electron chi connectivity index (χ3n) is 3.20. The summed E-state index contributed by atoms with van der Waals surface area (Å²) in [7, 11) is 0. The molecule has 1 N–H and O–H groups in total. The zero-order valence-corrected chi connectivity index (χ0v) is 12.0. The van der Waals surface area contributed by atoms with E-state index in [0.29, 0.717) is 6.42 Å². The summed E-state index contributed by atoms with van der Waals surface area (Å²) in [6.07, 6.45) is 2.58. The first-order valence-electron chi connectivity index (χ1n) is 6.29. The van der Waals surface area contributed by atoms with Crippen molar-refractivity contribution in [3.05, 3.63) is 34.9 Å². The van der Waals surface area contributed by atoms with Crippen LogP contribution in [-0.2, 0) is 11.2 Å². The third kappa shape index (κ3) is 2.22. The van der Waals surface area contributed by atoms with Gasteiger partial charge in [0.05, 0.1) is 12.1 Å². The Labute approximate surface area is 119 Å².